The fourth-order valence-corrected chi connectivity index (χ4v) is 4.22. The fraction of sp³-hybridized carbons (Fsp3) is 0.389. The zero-order valence-corrected chi connectivity index (χ0v) is 17.0. The number of thiazole rings is 1. The van der Waals surface area contributed by atoms with Crippen LogP contribution in [0.1, 0.15) is 6.92 Å². The first kappa shape index (κ1) is 19.3. The highest BCUT2D eigenvalue weighted by molar-refractivity contribution is 7.22. The summed E-state index contributed by atoms with van der Waals surface area (Å²) in [6.45, 7) is 6.14. The van der Waals surface area contributed by atoms with Crippen molar-refractivity contribution in [2.24, 2.45) is 0 Å². The SMILES string of the molecule is CCN1CCN(c2ncnc(Nc3nc4ccc(OC)cc4s3)c2[N+](=O)[O-])CC1. The molecule has 0 unspecified atom stereocenters. The molecule has 0 radical (unpaired) electrons. The van der Waals surface area contributed by atoms with Crippen molar-refractivity contribution in [3.05, 3.63) is 34.6 Å². The maximum absolute atomic E-state index is 11.9. The van der Waals surface area contributed by atoms with Crippen LogP contribution in [-0.2, 0) is 0 Å². The minimum Gasteiger partial charge on any atom is -0.497 e. The van der Waals surface area contributed by atoms with E-state index in [1.165, 1.54) is 17.7 Å². The van der Waals surface area contributed by atoms with Crippen molar-refractivity contribution in [1.29, 1.82) is 0 Å². The van der Waals surface area contributed by atoms with Crippen LogP contribution < -0.4 is 15.0 Å². The van der Waals surface area contributed by atoms with Gasteiger partial charge in [0.15, 0.2) is 5.13 Å². The molecule has 0 bridgehead atoms. The van der Waals surface area contributed by atoms with Crippen molar-refractivity contribution in [2.45, 2.75) is 6.92 Å². The molecule has 0 atom stereocenters. The molecule has 10 nitrogen and oxygen atoms in total. The Bertz CT molecular complexity index is 1030. The topological polar surface area (TPSA) is 110 Å². The van der Waals surface area contributed by atoms with Crippen molar-refractivity contribution in [3.8, 4) is 5.75 Å². The van der Waals surface area contributed by atoms with Gasteiger partial charge >= 0.3 is 5.69 Å². The number of aromatic nitrogens is 3. The molecular formula is C18H21N7O3S. The summed E-state index contributed by atoms with van der Waals surface area (Å²) in [4.78, 5) is 28.5. The van der Waals surface area contributed by atoms with Crippen molar-refractivity contribution in [3.63, 3.8) is 0 Å². The van der Waals surface area contributed by atoms with E-state index in [0.29, 0.717) is 24.0 Å². The third kappa shape index (κ3) is 3.91. The lowest BCUT2D eigenvalue weighted by molar-refractivity contribution is -0.383. The number of piperazine rings is 1. The number of nitrogens with one attached hydrogen (secondary N) is 1. The minimum atomic E-state index is -0.430. The van der Waals surface area contributed by atoms with E-state index in [2.05, 4.69) is 32.1 Å². The first-order valence-corrected chi connectivity index (χ1v) is 10.1. The average molecular weight is 415 g/mol. The van der Waals surface area contributed by atoms with Gasteiger partial charge in [-0.15, -0.1) is 0 Å². The molecular weight excluding hydrogens is 394 g/mol. The summed E-state index contributed by atoms with van der Waals surface area (Å²) >= 11 is 1.38. The number of anilines is 3. The monoisotopic (exact) mass is 415 g/mol. The lowest BCUT2D eigenvalue weighted by Crippen LogP contribution is -2.46. The number of likely N-dealkylation sites (N-methyl/N-ethyl adjacent to an activating group) is 1. The number of fused-ring (bicyclic) bond motifs is 1. The summed E-state index contributed by atoms with van der Waals surface area (Å²) in [6.07, 6.45) is 1.35. The molecule has 152 valence electrons. The predicted molar refractivity (Wildman–Crippen MR) is 112 cm³/mol. The van der Waals surface area contributed by atoms with Gasteiger partial charge in [0.05, 0.1) is 22.2 Å². The van der Waals surface area contributed by atoms with E-state index >= 15 is 0 Å². The Labute approximate surface area is 171 Å². The fourth-order valence-electron chi connectivity index (χ4n) is 3.32. The number of benzene rings is 1. The van der Waals surface area contributed by atoms with Crippen LogP contribution in [0.2, 0.25) is 0 Å². The predicted octanol–water partition coefficient (Wildman–Crippen LogP) is 2.89. The summed E-state index contributed by atoms with van der Waals surface area (Å²) in [7, 11) is 1.60. The van der Waals surface area contributed by atoms with Crippen LogP contribution in [-0.4, -0.2) is 64.6 Å². The Morgan fingerprint density at radius 2 is 2.07 bits per heavy atom. The van der Waals surface area contributed by atoms with Crippen LogP contribution >= 0.6 is 11.3 Å². The van der Waals surface area contributed by atoms with Crippen LogP contribution in [0.3, 0.4) is 0 Å². The number of ether oxygens (including phenoxy) is 1. The van der Waals surface area contributed by atoms with Gasteiger partial charge in [0, 0.05) is 26.2 Å². The molecule has 1 aliphatic rings. The van der Waals surface area contributed by atoms with Gasteiger partial charge in [-0.1, -0.05) is 18.3 Å². The Morgan fingerprint density at radius 3 is 2.76 bits per heavy atom. The number of nitrogens with zero attached hydrogens (tertiary/aromatic N) is 6. The van der Waals surface area contributed by atoms with Crippen molar-refractivity contribution >= 4 is 44.0 Å². The number of methoxy groups -OCH3 is 1. The van der Waals surface area contributed by atoms with Gasteiger partial charge in [0.25, 0.3) is 0 Å². The van der Waals surface area contributed by atoms with Gasteiger partial charge < -0.3 is 19.9 Å². The summed E-state index contributed by atoms with van der Waals surface area (Å²) in [6, 6.07) is 5.56. The Hall–Kier alpha value is -3.05. The van der Waals surface area contributed by atoms with Gasteiger partial charge in [-0.25, -0.2) is 15.0 Å². The molecule has 1 N–H and O–H groups in total. The average Bonchev–Trinajstić information content (AvgIpc) is 3.14. The third-order valence-electron chi connectivity index (χ3n) is 4.93. The lowest BCUT2D eigenvalue weighted by atomic mass is 10.3. The second kappa shape index (κ2) is 8.13. The van der Waals surface area contributed by atoms with Gasteiger partial charge in [0.1, 0.15) is 12.1 Å². The molecule has 1 saturated heterocycles. The normalized spacial score (nSPS) is 14.9. The van der Waals surface area contributed by atoms with E-state index < -0.39 is 4.92 Å². The minimum absolute atomic E-state index is 0.130. The number of rotatable bonds is 6. The van der Waals surface area contributed by atoms with Crippen LogP contribution in [0, 0.1) is 10.1 Å². The van der Waals surface area contributed by atoms with E-state index in [0.717, 1.165) is 35.6 Å². The smallest absolute Gasteiger partial charge is 0.353 e. The maximum Gasteiger partial charge on any atom is 0.353 e. The summed E-state index contributed by atoms with van der Waals surface area (Å²) in [5.41, 5.74) is 0.653. The zero-order chi connectivity index (χ0) is 20.4. The second-order valence-electron chi connectivity index (χ2n) is 6.55. The molecule has 1 fully saturated rings. The molecule has 0 spiro atoms. The largest absolute Gasteiger partial charge is 0.497 e. The first-order valence-electron chi connectivity index (χ1n) is 9.27. The second-order valence-corrected chi connectivity index (χ2v) is 7.58. The molecule has 1 aliphatic heterocycles. The van der Waals surface area contributed by atoms with Crippen molar-refractivity contribution < 1.29 is 9.66 Å². The summed E-state index contributed by atoms with van der Waals surface area (Å²) in [5, 5.41) is 15.4. The Morgan fingerprint density at radius 1 is 1.28 bits per heavy atom. The lowest BCUT2D eigenvalue weighted by Gasteiger charge is -2.34. The molecule has 0 aliphatic carbocycles. The van der Waals surface area contributed by atoms with Crippen molar-refractivity contribution in [2.75, 3.05) is 50.1 Å². The molecule has 29 heavy (non-hydrogen) atoms. The summed E-state index contributed by atoms with van der Waals surface area (Å²) < 4.78 is 6.15. The van der Waals surface area contributed by atoms with Crippen LogP contribution in [0.25, 0.3) is 10.2 Å². The first-order chi connectivity index (χ1) is 14.1. The number of hydrogen-bond donors (Lipinski definition) is 1. The maximum atomic E-state index is 11.9. The van der Waals surface area contributed by atoms with Crippen LogP contribution in [0.4, 0.5) is 22.5 Å². The Kier molecular flexibility index (Phi) is 5.41. The number of hydrogen-bond acceptors (Lipinski definition) is 10. The van der Waals surface area contributed by atoms with E-state index in [-0.39, 0.29) is 11.5 Å². The molecule has 11 heteroatoms. The molecule has 1 aromatic carbocycles. The van der Waals surface area contributed by atoms with Gasteiger partial charge in [-0.2, -0.15) is 0 Å². The van der Waals surface area contributed by atoms with Crippen LogP contribution in [0.5, 0.6) is 5.75 Å². The standard InChI is InChI=1S/C18H21N7O3S/c1-3-23-6-8-24(9-7-23)17-15(25(26)27)16(19-11-20-17)22-18-21-13-5-4-12(28-2)10-14(13)29-18/h4-5,10-11H,3,6-9H2,1-2H3,(H,19,20,21,22). The Balaban J connectivity index is 1.64. The van der Waals surface area contributed by atoms with Gasteiger partial charge in [0.2, 0.25) is 11.6 Å². The molecule has 3 heterocycles. The highest BCUT2D eigenvalue weighted by Gasteiger charge is 2.29. The quantitative estimate of drug-likeness (QED) is 0.480. The molecule has 3 aromatic rings. The summed E-state index contributed by atoms with van der Waals surface area (Å²) in [5.74, 6) is 1.21. The van der Waals surface area contributed by atoms with Gasteiger partial charge in [-0.05, 0) is 24.7 Å². The van der Waals surface area contributed by atoms with E-state index in [1.807, 2.05) is 23.1 Å². The third-order valence-corrected chi connectivity index (χ3v) is 5.86. The van der Waals surface area contributed by atoms with E-state index in [1.54, 1.807) is 7.11 Å². The molecule has 0 saturated carbocycles. The van der Waals surface area contributed by atoms with Crippen LogP contribution in [0.15, 0.2) is 24.5 Å². The van der Waals surface area contributed by atoms with Gasteiger partial charge in [-0.3, -0.25) is 10.1 Å². The highest BCUT2D eigenvalue weighted by atomic mass is 32.1. The molecule has 4 rings (SSSR count). The molecule has 0 amide bonds. The van der Waals surface area contributed by atoms with E-state index in [9.17, 15) is 10.1 Å². The van der Waals surface area contributed by atoms with E-state index in [4.69, 9.17) is 4.74 Å². The molecule has 2 aromatic heterocycles. The van der Waals surface area contributed by atoms with Crippen molar-refractivity contribution in [1.82, 2.24) is 19.9 Å². The number of nitro groups is 1. The zero-order valence-electron chi connectivity index (χ0n) is 16.2. The highest BCUT2D eigenvalue weighted by Crippen LogP contribution is 2.36.